The third-order valence-electron chi connectivity index (χ3n) is 17.0. The molecule has 0 spiro atoms. The summed E-state index contributed by atoms with van der Waals surface area (Å²) >= 11 is 5.63. The van der Waals surface area contributed by atoms with Crippen LogP contribution in [0, 0.1) is 0 Å². The summed E-state index contributed by atoms with van der Waals surface area (Å²) in [4.78, 5) is 12.6. The molecule has 87 heavy (non-hydrogen) atoms. The Morgan fingerprint density at radius 3 is 1.10 bits per heavy atom. The van der Waals surface area contributed by atoms with E-state index in [-0.39, 0.29) is 12.2 Å². The molecule has 0 radical (unpaired) electrons. The highest BCUT2D eigenvalue weighted by Crippen LogP contribution is 2.45. The molecule has 3 aromatic heterocycles. The zero-order chi connectivity index (χ0) is 59.4. The number of nitrogens with zero attached hydrogens (tertiary/aromatic N) is 2. The molecule has 11 rings (SSSR count). The molecule has 0 bridgehead atoms. The Labute approximate surface area is 532 Å². The third kappa shape index (κ3) is 18.0. The minimum absolute atomic E-state index is 0.0758. The number of anilines is 6. The van der Waals surface area contributed by atoms with Crippen LogP contribution in [0.15, 0.2) is 182 Å². The first-order valence-electron chi connectivity index (χ1n) is 32.9. The van der Waals surface area contributed by atoms with Crippen molar-refractivity contribution in [3.63, 3.8) is 0 Å². The lowest BCUT2D eigenvalue weighted by molar-refractivity contribution is 0.0347. The van der Waals surface area contributed by atoms with Crippen LogP contribution in [0.5, 0.6) is 0 Å². The minimum atomic E-state index is 0.0758. The van der Waals surface area contributed by atoms with E-state index in [0.29, 0.717) is 12.7 Å². The molecular formula is C78H90N2O4S3. The van der Waals surface area contributed by atoms with Crippen molar-refractivity contribution < 1.29 is 18.9 Å². The Morgan fingerprint density at radius 2 is 0.701 bits per heavy atom. The fraction of sp³-hybridized carbons (Fsp3) is 0.385. The number of benzene rings is 6. The molecule has 0 amide bonds. The van der Waals surface area contributed by atoms with Gasteiger partial charge < -0.3 is 28.7 Å². The molecule has 0 aliphatic carbocycles. The predicted molar refractivity (Wildman–Crippen MR) is 372 cm³/mol. The second-order valence-electron chi connectivity index (χ2n) is 23.9. The number of ether oxygens (including phenoxy) is 4. The molecule has 2 aliphatic heterocycles. The zero-order valence-corrected chi connectivity index (χ0v) is 54.2. The topological polar surface area (TPSA) is 50.0 Å². The molecule has 5 heterocycles. The van der Waals surface area contributed by atoms with Crippen molar-refractivity contribution in [2.75, 3.05) is 42.8 Å². The highest BCUT2D eigenvalue weighted by molar-refractivity contribution is 7.27. The Kier molecular flexibility index (Phi) is 23.2. The average molecular weight is 1220 g/mol. The maximum absolute atomic E-state index is 6.47. The van der Waals surface area contributed by atoms with Crippen LogP contribution in [-0.2, 0) is 38.2 Å². The van der Waals surface area contributed by atoms with Crippen LogP contribution in [0.25, 0.3) is 40.4 Å². The van der Waals surface area contributed by atoms with Crippen LogP contribution in [0.3, 0.4) is 0 Å². The van der Waals surface area contributed by atoms with Gasteiger partial charge in [0, 0.05) is 70.0 Å². The molecule has 0 saturated carbocycles. The number of aryl methyl sites for hydroxylation is 3. The molecule has 2 fully saturated rings. The lowest BCUT2D eigenvalue weighted by Gasteiger charge is -2.27. The third-order valence-corrected chi connectivity index (χ3v) is 20.8. The summed E-state index contributed by atoms with van der Waals surface area (Å²) in [6.45, 7) is 10.8. The second kappa shape index (κ2) is 32.4. The standard InChI is InChI=1S/C78H90N2O4S3/c1-4-7-10-15-19-58-23-35-64(36-24-58)79(65-37-27-60(28-38-65)21-17-12-13-18-53-81-54-70-55-82-70)68-43-31-62(32-44-68)73-47-49-75(85-73)77-51-52-78(87-77)76-50-48-74(86-76)63-33-45-69(46-34-63)80(66-39-25-59(26-40-66)20-16-11-8-5-2)67-41-29-61(30-42-67)72(22-14-9-6-3)84-57-71-56-83-71/h23-52,70-72H,4-22,53-57H2,1-3H3. The van der Waals surface area contributed by atoms with E-state index in [1.165, 1.54) is 157 Å². The molecule has 9 heteroatoms. The van der Waals surface area contributed by atoms with Gasteiger partial charge in [-0.1, -0.05) is 164 Å². The number of hydrogen-bond acceptors (Lipinski definition) is 9. The van der Waals surface area contributed by atoms with Crippen molar-refractivity contribution >= 4 is 68.1 Å². The molecule has 3 unspecified atom stereocenters. The molecule has 0 N–H and O–H groups in total. The van der Waals surface area contributed by atoms with Crippen LogP contribution in [0.1, 0.15) is 152 Å². The van der Waals surface area contributed by atoms with Gasteiger partial charge in [0.1, 0.15) is 12.2 Å². The van der Waals surface area contributed by atoms with Gasteiger partial charge in [-0.15, -0.1) is 34.0 Å². The van der Waals surface area contributed by atoms with E-state index in [9.17, 15) is 0 Å². The lowest BCUT2D eigenvalue weighted by Crippen LogP contribution is -2.12. The first kappa shape index (κ1) is 62.5. The van der Waals surface area contributed by atoms with Crippen molar-refractivity contribution in [1.82, 2.24) is 0 Å². The number of unbranched alkanes of at least 4 members (excludes halogenated alkanes) is 11. The molecule has 9 aromatic rings. The van der Waals surface area contributed by atoms with E-state index in [4.69, 9.17) is 18.9 Å². The van der Waals surface area contributed by atoms with Gasteiger partial charge in [0.15, 0.2) is 0 Å². The summed E-state index contributed by atoms with van der Waals surface area (Å²) in [7, 11) is 0. The minimum Gasteiger partial charge on any atom is -0.379 e. The van der Waals surface area contributed by atoms with Crippen molar-refractivity contribution in [3.8, 4) is 40.4 Å². The van der Waals surface area contributed by atoms with Crippen LogP contribution in [0.4, 0.5) is 34.1 Å². The summed E-state index contributed by atoms with van der Waals surface area (Å²) in [6, 6.07) is 69.1. The lowest BCUT2D eigenvalue weighted by atomic mass is 10.0. The largest absolute Gasteiger partial charge is 0.379 e. The maximum atomic E-state index is 6.47. The summed E-state index contributed by atoms with van der Waals surface area (Å²) in [5.41, 5.74) is 14.9. The molecule has 2 aliphatic rings. The number of thiophene rings is 3. The van der Waals surface area contributed by atoms with Crippen LogP contribution in [-0.4, -0.2) is 45.2 Å². The van der Waals surface area contributed by atoms with E-state index in [1.807, 2.05) is 34.0 Å². The summed E-state index contributed by atoms with van der Waals surface area (Å²) < 4.78 is 23.0. The molecule has 6 nitrogen and oxygen atoms in total. The van der Waals surface area contributed by atoms with E-state index in [1.54, 1.807) is 0 Å². The Balaban J connectivity index is 0.754. The quantitative estimate of drug-likeness (QED) is 0.0286. The van der Waals surface area contributed by atoms with Crippen molar-refractivity contribution in [3.05, 3.63) is 204 Å². The number of rotatable bonds is 37. The molecule has 6 aromatic carbocycles. The summed E-state index contributed by atoms with van der Waals surface area (Å²) in [5, 5.41) is 0. The molecule has 454 valence electrons. The predicted octanol–water partition coefficient (Wildman–Crippen LogP) is 23.3. The first-order chi connectivity index (χ1) is 43.0. The number of epoxide rings is 2. The monoisotopic (exact) mass is 1210 g/mol. The fourth-order valence-corrected chi connectivity index (χ4v) is 14.9. The average Bonchev–Trinajstić information content (AvgIpc) is 3.87. The SMILES string of the molecule is CCCCCCc1ccc(N(c2ccc(CCCCCCOCC3CO3)cc2)c2ccc(-c3ccc(-c4ccc(-c5ccc(-c6ccc(N(c7ccc(CCCCCC)cc7)c7ccc(C(CCCCC)OCC8CO8)cc7)cc6)s5)s4)s3)cc2)cc1. The van der Waals surface area contributed by atoms with Gasteiger partial charge in [-0.3, -0.25) is 0 Å². The Morgan fingerprint density at radius 1 is 0.368 bits per heavy atom. The van der Waals surface area contributed by atoms with Crippen molar-refractivity contribution in [2.45, 2.75) is 161 Å². The van der Waals surface area contributed by atoms with Crippen molar-refractivity contribution in [1.29, 1.82) is 0 Å². The highest BCUT2D eigenvalue weighted by atomic mass is 32.1. The van der Waals surface area contributed by atoms with Gasteiger partial charge in [-0.2, -0.15) is 0 Å². The van der Waals surface area contributed by atoms with E-state index >= 15 is 0 Å². The van der Waals surface area contributed by atoms with E-state index in [0.717, 1.165) is 87.7 Å². The van der Waals surface area contributed by atoms with Gasteiger partial charge in [-0.05, 0) is 194 Å². The Bertz CT molecular complexity index is 3430. The smallest absolute Gasteiger partial charge is 0.104 e. The van der Waals surface area contributed by atoms with Gasteiger partial charge in [0.25, 0.3) is 0 Å². The van der Waals surface area contributed by atoms with E-state index in [2.05, 4.69) is 213 Å². The van der Waals surface area contributed by atoms with Crippen molar-refractivity contribution in [2.24, 2.45) is 0 Å². The number of hydrogen-bond donors (Lipinski definition) is 0. The normalized spacial score (nSPS) is 14.8. The van der Waals surface area contributed by atoms with Gasteiger partial charge in [-0.25, -0.2) is 0 Å². The molecular weight excluding hydrogens is 1130 g/mol. The second-order valence-corrected chi connectivity index (χ2v) is 27.2. The zero-order valence-electron chi connectivity index (χ0n) is 51.8. The molecule has 3 atom stereocenters. The highest BCUT2D eigenvalue weighted by Gasteiger charge is 2.26. The summed E-state index contributed by atoms with van der Waals surface area (Å²) in [6.07, 6.45) is 23.6. The van der Waals surface area contributed by atoms with Gasteiger partial charge in [0.2, 0.25) is 0 Å². The maximum Gasteiger partial charge on any atom is 0.104 e. The molecule has 2 saturated heterocycles. The fourth-order valence-electron chi connectivity index (χ4n) is 11.7. The van der Waals surface area contributed by atoms with Crippen LogP contribution >= 0.6 is 34.0 Å². The first-order valence-corrected chi connectivity index (χ1v) is 35.3. The van der Waals surface area contributed by atoms with Gasteiger partial charge in [0.05, 0.1) is 32.5 Å². The Hall–Kier alpha value is -6.14. The van der Waals surface area contributed by atoms with Crippen LogP contribution < -0.4 is 9.80 Å². The van der Waals surface area contributed by atoms with Gasteiger partial charge >= 0.3 is 0 Å². The van der Waals surface area contributed by atoms with E-state index < -0.39 is 0 Å². The summed E-state index contributed by atoms with van der Waals surface area (Å²) in [5.74, 6) is 0. The van der Waals surface area contributed by atoms with Crippen LogP contribution in [0.2, 0.25) is 0 Å².